The molecule has 1 atom stereocenters. The standard InChI is InChI=1S/C59H104O5/c1-3-5-7-9-11-13-15-17-19-21-23-24-25-26-27-28-29-30-31-32-33-34-36-38-40-42-44-46-48-50-52-54-59(62)64-57(55-60)56-63-58(61)53-51-49-47-45-43-41-39-37-35-22-20-18-16-14-12-10-8-6-4-2/h12,14-15,17-18,20-21,23,25-26,35,37,57,60H,3-11,13,16,19,22,24,27-34,36,38-56H2,1-2H3/b14-12-,17-15-,20-18-,23-21-,26-25-,37-35-. The molecule has 0 saturated heterocycles. The van der Waals surface area contributed by atoms with Crippen molar-refractivity contribution in [3.63, 3.8) is 0 Å². The van der Waals surface area contributed by atoms with E-state index in [1.54, 1.807) is 0 Å². The summed E-state index contributed by atoms with van der Waals surface area (Å²) in [7, 11) is 0. The lowest BCUT2D eigenvalue weighted by Crippen LogP contribution is -2.28. The lowest BCUT2D eigenvalue weighted by molar-refractivity contribution is -0.161. The van der Waals surface area contributed by atoms with E-state index >= 15 is 0 Å². The van der Waals surface area contributed by atoms with E-state index in [1.807, 2.05) is 0 Å². The molecule has 0 rings (SSSR count). The molecule has 370 valence electrons. The number of unbranched alkanes of at least 4 members (excludes halogenated alkanes) is 30. The maximum absolute atomic E-state index is 12.3. The van der Waals surface area contributed by atoms with Crippen molar-refractivity contribution in [3.8, 4) is 0 Å². The van der Waals surface area contributed by atoms with Gasteiger partial charge in [0.05, 0.1) is 6.61 Å². The molecule has 0 aliphatic heterocycles. The minimum Gasteiger partial charge on any atom is -0.462 e. The lowest BCUT2D eigenvalue weighted by atomic mass is 10.0. The van der Waals surface area contributed by atoms with Crippen LogP contribution in [-0.2, 0) is 19.1 Å². The number of esters is 2. The van der Waals surface area contributed by atoms with Gasteiger partial charge in [0.2, 0.25) is 0 Å². The highest BCUT2D eigenvalue weighted by atomic mass is 16.6. The molecular weight excluding hydrogens is 789 g/mol. The summed E-state index contributed by atoms with van der Waals surface area (Å²) in [4.78, 5) is 24.5. The molecule has 0 aliphatic carbocycles. The molecule has 0 bridgehead atoms. The normalized spacial score (nSPS) is 12.7. The summed E-state index contributed by atoms with van der Waals surface area (Å²) in [5.41, 5.74) is 0. The Labute approximate surface area is 397 Å². The second-order valence-corrected chi connectivity index (χ2v) is 18.3. The van der Waals surface area contributed by atoms with Crippen LogP contribution in [0.1, 0.15) is 271 Å². The van der Waals surface area contributed by atoms with Crippen molar-refractivity contribution in [2.24, 2.45) is 0 Å². The van der Waals surface area contributed by atoms with Crippen molar-refractivity contribution in [2.45, 2.75) is 277 Å². The predicted molar refractivity (Wildman–Crippen MR) is 279 cm³/mol. The zero-order valence-corrected chi connectivity index (χ0v) is 42.3. The van der Waals surface area contributed by atoms with Gasteiger partial charge in [0.25, 0.3) is 0 Å². The highest BCUT2D eigenvalue weighted by molar-refractivity contribution is 5.70. The number of ether oxygens (including phenoxy) is 2. The Morgan fingerprint density at radius 2 is 0.625 bits per heavy atom. The van der Waals surface area contributed by atoms with E-state index in [9.17, 15) is 14.7 Å². The molecule has 0 saturated carbocycles. The van der Waals surface area contributed by atoms with Crippen LogP contribution in [0.15, 0.2) is 72.9 Å². The van der Waals surface area contributed by atoms with Crippen LogP contribution in [-0.4, -0.2) is 36.4 Å². The van der Waals surface area contributed by atoms with Gasteiger partial charge in [-0.3, -0.25) is 9.59 Å². The Balaban J connectivity index is 3.49. The van der Waals surface area contributed by atoms with E-state index in [2.05, 4.69) is 86.8 Å². The fourth-order valence-electron chi connectivity index (χ4n) is 7.81. The first-order valence-corrected chi connectivity index (χ1v) is 27.5. The molecule has 0 radical (unpaired) electrons. The third-order valence-corrected chi connectivity index (χ3v) is 12.0. The first kappa shape index (κ1) is 61.3. The second kappa shape index (κ2) is 54.7. The summed E-state index contributed by atoms with van der Waals surface area (Å²) in [5.74, 6) is -0.600. The Bertz CT molecular complexity index is 1150. The van der Waals surface area contributed by atoms with Crippen molar-refractivity contribution in [1.82, 2.24) is 0 Å². The van der Waals surface area contributed by atoms with Crippen LogP contribution in [0.2, 0.25) is 0 Å². The van der Waals surface area contributed by atoms with Crippen LogP contribution >= 0.6 is 0 Å². The Kier molecular flexibility index (Phi) is 52.4. The monoisotopic (exact) mass is 893 g/mol. The Morgan fingerprint density at radius 1 is 0.359 bits per heavy atom. The largest absolute Gasteiger partial charge is 0.462 e. The van der Waals surface area contributed by atoms with Crippen LogP contribution in [0, 0.1) is 0 Å². The third kappa shape index (κ3) is 52.0. The molecule has 5 heteroatoms. The van der Waals surface area contributed by atoms with Gasteiger partial charge in [-0.05, 0) is 89.9 Å². The molecule has 0 aliphatic rings. The number of aliphatic hydroxyl groups excluding tert-OH is 1. The van der Waals surface area contributed by atoms with Gasteiger partial charge >= 0.3 is 11.9 Å². The average Bonchev–Trinajstić information content (AvgIpc) is 3.30. The highest BCUT2D eigenvalue weighted by Crippen LogP contribution is 2.16. The van der Waals surface area contributed by atoms with E-state index in [0.29, 0.717) is 12.8 Å². The summed E-state index contributed by atoms with van der Waals surface area (Å²) < 4.78 is 10.7. The molecule has 0 amide bonds. The van der Waals surface area contributed by atoms with Gasteiger partial charge in [-0.1, -0.05) is 241 Å². The van der Waals surface area contributed by atoms with Gasteiger partial charge in [0.15, 0.2) is 6.10 Å². The fraction of sp³-hybridized carbons (Fsp3) is 0.763. The number of aliphatic hydroxyl groups is 1. The van der Waals surface area contributed by atoms with E-state index in [-0.39, 0.29) is 25.2 Å². The molecule has 0 aromatic heterocycles. The van der Waals surface area contributed by atoms with Crippen LogP contribution in [0.4, 0.5) is 0 Å². The van der Waals surface area contributed by atoms with Gasteiger partial charge in [-0.25, -0.2) is 0 Å². The predicted octanol–water partition coefficient (Wildman–Crippen LogP) is 18.4. The summed E-state index contributed by atoms with van der Waals surface area (Å²) in [6.45, 7) is 4.11. The summed E-state index contributed by atoms with van der Waals surface area (Å²) in [5, 5.41) is 9.64. The first-order chi connectivity index (χ1) is 31.6. The van der Waals surface area contributed by atoms with Gasteiger partial charge in [-0.15, -0.1) is 0 Å². The molecule has 0 spiro atoms. The summed E-state index contributed by atoms with van der Waals surface area (Å²) >= 11 is 0. The van der Waals surface area contributed by atoms with Gasteiger partial charge in [0, 0.05) is 12.8 Å². The molecule has 5 nitrogen and oxygen atoms in total. The first-order valence-electron chi connectivity index (χ1n) is 27.5. The Hall–Kier alpha value is -2.66. The molecular formula is C59H104O5. The van der Waals surface area contributed by atoms with Gasteiger partial charge < -0.3 is 14.6 Å². The van der Waals surface area contributed by atoms with Crippen molar-refractivity contribution >= 4 is 11.9 Å². The zero-order chi connectivity index (χ0) is 46.3. The zero-order valence-electron chi connectivity index (χ0n) is 42.3. The maximum Gasteiger partial charge on any atom is 0.306 e. The Morgan fingerprint density at radius 3 is 0.969 bits per heavy atom. The fourth-order valence-corrected chi connectivity index (χ4v) is 7.81. The van der Waals surface area contributed by atoms with Crippen molar-refractivity contribution < 1.29 is 24.2 Å². The van der Waals surface area contributed by atoms with Crippen LogP contribution in [0.5, 0.6) is 0 Å². The van der Waals surface area contributed by atoms with E-state index in [0.717, 1.165) is 70.6 Å². The average molecular weight is 893 g/mol. The summed E-state index contributed by atoms with van der Waals surface area (Å²) in [6.07, 6.45) is 74.4. The molecule has 0 fully saturated rings. The number of hydrogen-bond acceptors (Lipinski definition) is 5. The van der Waals surface area contributed by atoms with E-state index < -0.39 is 6.10 Å². The SMILES string of the molecule is CCCCC/C=C\C/C=C\C/C=C\CCCCCCCCC(=O)OCC(CO)OC(=O)CCCCCCCCCCCCCCCCCC/C=C\C/C=C\C/C=C\CCCCCCC. The molecule has 1 N–H and O–H groups in total. The van der Waals surface area contributed by atoms with Crippen molar-refractivity contribution in [3.05, 3.63) is 72.9 Å². The van der Waals surface area contributed by atoms with Gasteiger partial charge in [0.1, 0.15) is 6.61 Å². The second-order valence-electron chi connectivity index (χ2n) is 18.3. The molecule has 64 heavy (non-hydrogen) atoms. The lowest BCUT2D eigenvalue weighted by Gasteiger charge is -2.15. The molecule has 0 aromatic carbocycles. The highest BCUT2D eigenvalue weighted by Gasteiger charge is 2.16. The molecule has 0 heterocycles. The van der Waals surface area contributed by atoms with E-state index in [1.165, 1.54) is 173 Å². The third-order valence-electron chi connectivity index (χ3n) is 12.0. The number of rotatable bonds is 50. The smallest absolute Gasteiger partial charge is 0.306 e. The van der Waals surface area contributed by atoms with E-state index in [4.69, 9.17) is 9.47 Å². The maximum atomic E-state index is 12.3. The molecule has 0 aromatic rings. The van der Waals surface area contributed by atoms with Crippen LogP contribution < -0.4 is 0 Å². The number of hydrogen-bond donors (Lipinski definition) is 1. The molecule has 1 unspecified atom stereocenters. The van der Waals surface area contributed by atoms with Crippen LogP contribution in [0.25, 0.3) is 0 Å². The number of allylic oxidation sites excluding steroid dienone is 12. The van der Waals surface area contributed by atoms with Crippen LogP contribution in [0.3, 0.4) is 0 Å². The topological polar surface area (TPSA) is 72.8 Å². The quantitative estimate of drug-likeness (QED) is 0.0374. The minimum absolute atomic E-state index is 0.0736. The number of carbonyl (C=O) groups is 2. The summed E-state index contributed by atoms with van der Waals surface area (Å²) in [6, 6.07) is 0. The van der Waals surface area contributed by atoms with Crippen molar-refractivity contribution in [2.75, 3.05) is 13.2 Å². The van der Waals surface area contributed by atoms with Gasteiger partial charge in [-0.2, -0.15) is 0 Å². The number of carbonyl (C=O) groups excluding carboxylic acids is 2. The van der Waals surface area contributed by atoms with Crippen molar-refractivity contribution in [1.29, 1.82) is 0 Å². The minimum atomic E-state index is -0.780.